The SMILES string of the molecule is C.C.CC(C)N1C(=O)C=CC1=O.CC(C)S.CC(C)SC1CC(=O)N(C(C)C)C1=O. The number of thiol groups is 1. The van der Waals surface area contributed by atoms with Crippen molar-refractivity contribution in [2.24, 2.45) is 0 Å². The lowest BCUT2D eigenvalue weighted by Gasteiger charge is -2.19. The molecular formula is C22H42N2O4S2. The molecule has 2 rings (SSSR count). The number of likely N-dealkylation sites (tertiary alicyclic amines) is 1. The molecule has 6 nitrogen and oxygen atoms in total. The molecule has 0 aliphatic carbocycles. The summed E-state index contributed by atoms with van der Waals surface area (Å²) in [4.78, 5) is 47.6. The van der Waals surface area contributed by atoms with Gasteiger partial charge in [-0.15, -0.1) is 11.8 Å². The monoisotopic (exact) mass is 462 g/mol. The maximum absolute atomic E-state index is 11.8. The van der Waals surface area contributed by atoms with Crippen molar-refractivity contribution in [3.05, 3.63) is 12.2 Å². The summed E-state index contributed by atoms with van der Waals surface area (Å²) in [6.45, 7) is 15.5. The Morgan fingerprint density at radius 2 is 1.20 bits per heavy atom. The van der Waals surface area contributed by atoms with E-state index >= 15 is 0 Å². The first-order chi connectivity index (χ1) is 12.8. The highest BCUT2D eigenvalue weighted by Gasteiger charge is 2.40. The predicted molar refractivity (Wildman–Crippen MR) is 132 cm³/mol. The van der Waals surface area contributed by atoms with Crippen LogP contribution >= 0.6 is 24.4 Å². The summed E-state index contributed by atoms with van der Waals surface area (Å²) in [6, 6.07) is -0.0391. The molecule has 0 bridgehead atoms. The predicted octanol–water partition coefficient (Wildman–Crippen LogP) is 4.58. The van der Waals surface area contributed by atoms with Gasteiger partial charge in [-0.05, 0) is 38.2 Å². The van der Waals surface area contributed by atoms with E-state index in [1.54, 1.807) is 11.8 Å². The Kier molecular flexibility index (Phi) is 17.2. The summed E-state index contributed by atoms with van der Waals surface area (Å²) < 4.78 is 0. The van der Waals surface area contributed by atoms with Crippen molar-refractivity contribution in [3.63, 3.8) is 0 Å². The Morgan fingerprint density at radius 3 is 1.43 bits per heavy atom. The summed E-state index contributed by atoms with van der Waals surface area (Å²) in [5.41, 5.74) is 0. The van der Waals surface area contributed by atoms with Crippen molar-refractivity contribution in [2.75, 3.05) is 0 Å². The third-order valence-electron chi connectivity index (χ3n) is 3.45. The average Bonchev–Trinajstić information content (AvgIpc) is 2.98. The minimum Gasteiger partial charge on any atom is -0.279 e. The lowest BCUT2D eigenvalue weighted by Crippen LogP contribution is -2.37. The normalized spacial score (nSPS) is 17.8. The molecule has 0 spiro atoms. The molecule has 4 amide bonds. The van der Waals surface area contributed by atoms with Crippen LogP contribution in [0.25, 0.3) is 0 Å². The second kappa shape index (κ2) is 15.5. The minimum absolute atomic E-state index is 0. The molecule has 2 heterocycles. The Labute approximate surface area is 193 Å². The number of imide groups is 2. The molecule has 0 saturated carbocycles. The zero-order valence-electron chi connectivity index (χ0n) is 18.1. The van der Waals surface area contributed by atoms with Gasteiger partial charge in [0.25, 0.3) is 11.8 Å². The minimum atomic E-state index is -0.208. The third kappa shape index (κ3) is 11.2. The van der Waals surface area contributed by atoms with Gasteiger partial charge in [0.05, 0.1) is 5.25 Å². The highest BCUT2D eigenvalue weighted by atomic mass is 32.2. The molecule has 1 fully saturated rings. The molecule has 0 N–H and O–H groups in total. The summed E-state index contributed by atoms with van der Waals surface area (Å²) in [6.07, 6.45) is 2.96. The lowest BCUT2D eigenvalue weighted by molar-refractivity contribution is -0.141. The summed E-state index contributed by atoms with van der Waals surface area (Å²) in [5, 5.41) is 0.772. The van der Waals surface area contributed by atoms with Crippen LogP contribution in [0.1, 0.15) is 76.7 Å². The van der Waals surface area contributed by atoms with Crippen LogP contribution in [-0.4, -0.2) is 61.3 Å². The topological polar surface area (TPSA) is 74.8 Å². The number of nitrogens with zero attached hydrogens (tertiary/aromatic N) is 2. The fourth-order valence-corrected chi connectivity index (χ4v) is 3.65. The fraction of sp³-hybridized carbons (Fsp3) is 0.727. The van der Waals surface area contributed by atoms with Crippen molar-refractivity contribution >= 4 is 48.0 Å². The van der Waals surface area contributed by atoms with Gasteiger partial charge >= 0.3 is 0 Å². The molecule has 30 heavy (non-hydrogen) atoms. The van der Waals surface area contributed by atoms with Gasteiger partial charge in [-0.1, -0.05) is 42.5 Å². The number of hydrogen-bond acceptors (Lipinski definition) is 6. The highest BCUT2D eigenvalue weighted by Crippen LogP contribution is 2.29. The number of rotatable bonds is 4. The van der Waals surface area contributed by atoms with Crippen LogP contribution in [0.4, 0.5) is 0 Å². The molecule has 176 valence electrons. The number of amides is 4. The Morgan fingerprint density at radius 1 is 0.833 bits per heavy atom. The van der Waals surface area contributed by atoms with E-state index in [0.29, 0.717) is 16.9 Å². The van der Waals surface area contributed by atoms with Gasteiger partial charge in [-0.2, -0.15) is 12.6 Å². The zero-order valence-corrected chi connectivity index (χ0v) is 19.8. The molecule has 1 unspecified atom stereocenters. The van der Waals surface area contributed by atoms with E-state index in [0.717, 1.165) is 0 Å². The number of thioether (sulfide) groups is 1. The number of carbonyl (C=O) groups excluding carboxylic acids is 4. The van der Waals surface area contributed by atoms with Gasteiger partial charge in [-0.25, -0.2) is 0 Å². The van der Waals surface area contributed by atoms with Crippen LogP contribution in [0.15, 0.2) is 12.2 Å². The van der Waals surface area contributed by atoms with E-state index in [1.165, 1.54) is 22.0 Å². The maximum atomic E-state index is 11.8. The molecule has 2 aliphatic heterocycles. The zero-order chi connectivity index (χ0) is 22.2. The molecule has 0 aromatic rings. The van der Waals surface area contributed by atoms with Crippen molar-refractivity contribution in [3.8, 4) is 0 Å². The van der Waals surface area contributed by atoms with E-state index in [-0.39, 0.29) is 55.8 Å². The van der Waals surface area contributed by atoms with Crippen LogP contribution in [0.5, 0.6) is 0 Å². The van der Waals surface area contributed by atoms with E-state index in [2.05, 4.69) is 12.6 Å². The molecule has 1 saturated heterocycles. The van der Waals surface area contributed by atoms with Gasteiger partial charge in [-0.3, -0.25) is 29.0 Å². The van der Waals surface area contributed by atoms with Crippen LogP contribution < -0.4 is 0 Å². The summed E-state index contributed by atoms with van der Waals surface area (Å²) >= 11 is 5.55. The van der Waals surface area contributed by atoms with Gasteiger partial charge in [0.1, 0.15) is 0 Å². The quantitative estimate of drug-likeness (QED) is 0.489. The van der Waals surface area contributed by atoms with Gasteiger partial charge in [0.2, 0.25) is 11.8 Å². The second-order valence-electron chi connectivity index (χ2n) is 7.64. The van der Waals surface area contributed by atoms with Crippen LogP contribution in [-0.2, 0) is 19.2 Å². The first-order valence-corrected chi connectivity index (χ1v) is 11.0. The maximum Gasteiger partial charge on any atom is 0.253 e. The molecule has 0 aromatic carbocycles. The van der Waals surface area contributed by atoms with Crippen LogP contribution in [0, 0.1) is 0 Å². The van der Waals surface area contributed by atoms with Crippen LogP contribution in [0.3, 0.4) is 0 Å². The molecular weight excluding hydrogens is 420 g/mol. The van der Waals surface area contributed by atoms with Gasteiger partial charge in [0.15, 0.2) is 0 Å². The van der Waals surface area contributed by atoms with Crippen molar-refractivity contribution < 1.29 is 19.2 Å². The Hall–Kier alpha value is -1.28. The molecule has 1 atom stereocenters. The first kappa shape index (κ1) is 33.4. The first-order valence-electron chi connectivity index (χ1n) is 9.54. The number of hydrogen-bond donors (Lipinski definition) is 1. The van der Waals surface area contributed by atoms with E-state index < -0.39 is 0 Å². The van der Waals surface area contributed by atoms with E-state index in [4.69, 9.17) is 0 Å². The standard InChI is InChI=1S/C10H17NO2S.C7H9NO2.C3H8S.2CH4/c1-6(2)11-9(12)5-8(10(11)13)14-7(3)4;1-5(2)8-6(9)3-4-7(8)10;1-3(2)4;;/h6-8H,5H2,1-4H3;3-5H,1-2H3;3-4H,1-2H3;2*1H4. The summed E-state index contributed by atoms with van der Waals surface area (Å²) in [7, 11) is 0. The van der Waals surface area contributed by atoms with Gasteiger partial charge in [0, 0.05) is 30.7 Å². The summed E-state index contributed by atoms with van der Waals surface area (Å²) in [5.74, 6) is -0.452. The lowest BCUT2D eigenvalue weighted by atomic mass is 10.3. The van der Waals surface area contributed by atoms with Crippen molar-refractivity contribution in [1.29, 1.82) is 0 Å². The second-order valence-corrected chi connectivity index (χ2v) is 10.5. The Balaban J connectivity index is -0.000000402. The Bertz CT molecular complexity index is 581. The molecule has 0 aromatic heterocycles. The third-order valence-corrected chi connectivity index (χ3v) is 4.70. The molecule has 2 aliphatic rings. The van der Waals surface area contributed by atoms with Crippen LogP contribution in [0.2, 0.25) is 0 Å². The van der Waals surface area contributed by atoms with Crippen molar-refractivity contribution in [1.82, 2.24) is 9.80 Å². The number of carbonyl (C=O) groups is 4. The van der Waals surface area contributed by atoms with E-state index in [1.807, 2.05) is 55.4 Å². The largest absolute Gasteiger partial charge is 0.279 e. The molecule has 8 heteroatoms. The van der Waals surface area contributed by atoms with Gasteiger partial charge < -0.3 is 0 Å². The smallest absolute Gasteiger partial charge is 0.253 e. The highest BCUT2D eigenvalue weighted by molar-refractivity contribution is 8.01. The average molecular weight is 463 g/mol. The van der Waals surface area contributed by atoms with E-state index in [9.17, 15) is 19.2 Å². The van der Waals surface area contributed by atoms with Crippen molar-refractivity contribution in [2.45, 2.75) is 104 Å². The fourth-order valence-electron chi connectivity index (χ4n) is 2.52. The molecule has 0 radical (unpaired) electrons.